The number of nitrogens with zero attached hydrogens (tertiary/aromatic N) is 4. The van der Waals surface area contributed by atoms with Crippen LogP contribution < -0.4 is 9.80 Å². The molecule has 2 aromatic heterocycles. The second-order valence-electron chi connectivity index (χ2n) is 11.3. The van der Waals surface area contributed by atoms with Crippen LogP contribution in [0.4, 0.5) is 11.4 Å². The van der Waals surface area contributed by atoms with Crippen LogP contribution in [-0.4, -0.2) is 36.1 Å². The fourth-order valence-corrected chi connectivity index (χ4v) is 5.36. The molecule has 5 rings (SSSR count). The fourth-order valence-electron chi connectivity index (χ4n) is 5.36. The van der Waals surface area contributed by atoms with E-state index in [4.69, 9.17) is 18.8 Å². The predicted molar refractivity (Wildman–Crippen MR) is 177 cm³/mol. The molecule has 0 radical (unpaired) electrons. The first-order valence-corrected chi connectivity index (χ1v) is 16.0. The van der Waals surface area contributed by atoms with Gasteiger partial charge in [-0.15, -0.1) is 0 Å². The standard InChI is InChI=1S/C36H46N4O2/c1-5-9-21-39(22-10-6-2)29-17-13-27(14-18-29)35-37-31-25-32-34(26-33(31)41-35)42-36(38-32)28-15-19-30(20-16-28)40(23-11-7-3)24-12-8-4/h13-20,25-26H,5-12,21-24H2,1-4H3. The summed E-state index contributed by atoms with van der Waals surface area (Å²) in [5.74, 6) is 1.23. The van der Waals surface area contributed by atoms with Crippen molar-refractivity contribution in [3.63, 3.8) is 0 Å². The molecule has 0 fully saturated rings. The van der Waals surface area contributed by atoms with E-state index in [1.165, 1.54) is 62.7 Å². The van der Waals surface area contributed by atoms with Gasteiger partial charge in [0.15, 0.2) is 11.2 Å². The summed E-state index contributed by atoms with van der Waals surface area (Å²) in [5.41, 5.74) is 7.43. The summed E-state index contributed by atoms with van der Waals surface area (Å²) in [4.78, 5) is 14.6. The Balaban J connectivity index is 1.33. The van der Waals surface area contributed by atoms with Crippen molar-refractivity contribution < 1.29 is 8.83 Å². The number of benzene rings is 3. The lowest BCUT2D eigenvalue weighted by Gasteiger charge is -2.24. The van der Waals surface area contributed by atoms with Crippen molar-refractivity contribution in [3.05, 3.63) is 60.7 Å². The third kappa shape index (κ3) is 6.97. The zero-order chi connectivity index (χ0) is 29.3. The van der Waals surface area contributed by atoms with Crippen LogP contribution in [-0.2, 0) is 0 Å². The van der Waals surface area contributed by atoms with Gasteiger partial charge in [-0.2, -0.15) is 0 Å². The van der Waals surface area contributed by atoms with Gasteiger partial charge >= 0.3 is 0 Å². The maximum atomic E-state index is 6.20. The Kier molecular flexibility index (Phi) is 10.2. The van der Waals surface area contributed by atoms with Crippen molar-refractivity contribution in [2.75, 3.05) is 36.0 Å². The van der Waals surface area contributed by atoms with Gasteiger partial charge in [0.2, 0.25) is 11.8 Å². The van der Waals surface area contributed by atoms with Crippen molar-refractivity contribution in [3.8, 4) is 22.9 Å². The first-order valence-electron chi connectivity index (χ1n) is 16.0. The molecular weight excluding hydrogens is 520 g/mol. The van der Waals surface area contributed by atoms with Gasteiger partial charge < -0.3 is 18.6 Å². The third-order valence-electron chi connectivity index (χ3n) is 7.98. The Labute approximate surface area is 250 Å². The van der Waals surface area contributed by atoms with Crippen molar-refractivity contribution in [1.82, 2.24) is 9.97 Å². The molecule has 0 saturated heterocycles. The third-order valence-corrected chi connectivity index (χ3v) is 7.98. The van der Waals surface area contributed by atoms with Gasteiger partial charge in [-0.05, 0) is 80.3 Å². The number of aromatic nitrogens is 2. The van der Waals surface area contributed by atoms with Gasteiger partial charge in [-0.1, -0.05) is 53.4 Å². The van der Waals surface area contributed by atoms with E-state index in [0.29, 0.717) is 22.9 Å². The van der Waals surface area contributed by atoms with E-state index in [-0.39, 0.29) is 0 Å². The van der Waals surface area contributed by atoms with Crippen molar-refractivity contribution in [1.29, 1.82) is 0 Å². The van der Waals surface area contributed by atoms with Gasteiger partial charge in [0.1, 0.15) is 11.0 Å². The Morgan fingerprint density at radius 2 is 0.857 bits per heavy atom. The molecule has 0 N–H and O–H groups in total. The van der Waals surface area contributed by atoms with Crippen LogP contribution >= 0.6 is 0 Å². The number of rotatable bonds is 16. The number of fused-ring (bicyclic) bond motifs is 2. The summed E-state index contributed by atoms with van der Waals surface area (Å²) in [5, 5.41) is 0. The molecule has 0 bridgehead atoms. The van der Waals surface area contributed by atoms with Gasteiger partial charge in [0.05, 0.1) is 0 Å². The zero-order valence-electron chi connectivity index (χ0n) is 25.9. The second-order valence-corrected chi connectivity index (χ2v) is 11.3. The molecule has 222 valence electrons. The summed E-state index contributed by atoms with van der Waals surface area (Å²) in [7, 11) is 0. The minimum atomic E-state index is 0.615. The SMILES string of the molecule is CCCCN(CCCC)c1ccc(-c2nc3cc4nc(-c5ccc(N(CCCC)CCCC)cc5)oc4cc3o2)cc1. The first-order chi connectivity index (χ1) is 20.6. The average molecular weight is 567 g/mol. The summed E-state index contributed by atoms with van der Waals surface area (Å²) in [6.45, 7) is 13.3. The predicted octanol–water partition coefficient (Wildman–Crippen LogP) is 10.1. The lowest BCUT2D eigenvalue weighted by Crippen LogP contribution is -2.25. The molecule has 0 spiro atoms. The van der Waals surface area contributed by atoms with Crippen LogP contribution in [0.15, 0.2) is 69.5 Å². The molecule has 42 heavy (non-hydrogen) atoms. The summed E-state index contributed by atoms with van der Waals surface area (Å²) >= 11 is 0. The molecule has 5 aromatic rings. The number of oxazole rings is 2. The smallest absolute Gasteiger partial charge is 0.227 e. The Morgan fingerprint density at radius 3 is 1.19 bits per heavy atom. The highest BCUT2D eigenvalue weighted by atomic mass is 16.4. The van der Waals surface area contributed by atoms with Crippen molar-refractivity contribution in [2.24, 2.45) is 0 Å². The molecular formula is C36H46N4O2. The molecule has 6 heteroatoms. The lowest BCUT2D eigenvalue weighted by molar-refractivity contribution is 0.609. The highest BCUT2D eigenvalue weighted by Crippen LogP contribution is 2.32. The number of anilines is 2. The van der Waals surface area contributed by atoms with Crippen LogP contribution in [0.1, 0.15) is 79.1 Å². The molecule has 0 aliphatic rings. The summed E-state index contributed by atoms with van der Waals surface area (Å²) in [6, 6.07) is 21.1. The highest BCUT2D eigenvalue weighted by Gasteiger charge is 2.15. The van der Waals surface area contributed by atoms with E-state index in [0.717, 1.165) is 48.3 Å². The van der Waals surface area contributed by atoms with E-state index < -0.39 is 0 Å². The fraction of sp³-hybridized carbons (Fsp3) is 0.444. The monoisotopic (exact) mass is 566 g/mol. The van der Waals surface area contributed by atoms with Gasteiger partial charge in [0, 0.05) is 54.7 Å². The maximum absolute atomic E-state index is 6.20. The van der Waals surface area contributed by atoms with E-state index in [1.54, 1.807) is 0 Å². The first kappa shape index (κ1) is 29.7. The molecule has 0 aliphatic carbocycles. The van der Waals surface area contributed by atoms with Crippen LogP contribution in [0.25, 0.3) is 45.1 Å². The second kappa shape index (κ2) is 14.4. The van der Waals surface area contributed by atoms with Crippen LogP contribution in [0.3, 0.4) is 0 Å². The van der Waals surface area contributed by atoms with E-state index in [1.807, 2.05) is 12.1 Å². The number of hydrogen-bond acceptors (Lipinski definition) is 6. The Bertz CT molecular complexity index is 1350. The maximum Gasteiger partial charge on any atom is 0.227 e. The Morgan fingerprint density at radius 1 is 0.500 bits per heavy atom. The normalized spacial score (nSPS) is 11.5. The van der Waals surface area contributed by atoms with Crippen molar-refractivity contribution >= 4 is 33.6 Å². The largest absolute Gasteiger partial charge is 0.436 e. The zero-order valence-corrected chi connectivity index (χ0v) is 25.9. The van der Waals surface area contributed by atoms with Gasteiger partial charge in [-0.25, -0.2) is 9.97 Å². The van der Waals surface area contributed by atoms with Gasteiger partial charge in [-0.3, -0.25) is 0 Å². The summed E-state index contributed by atoms with van der Waals surface area (Å²) < 4.78 is 12.4. The minimum Gasteiger partial charge on any atom is -0.436 e. The number of hydrogen-bond donors (Lipinski definition) is 0. The molecule has 0 atom stereocenters. The summed E-state index contributed by atoms with van der Waals surface area (Å²) in [6.07, 6.45) is 9.62. The van der Waals surface area contributed by atoms with E-state index in [2.05, 4.69) is 86.0 Å². The van der Waals surface area contributed by atoms with E-state index in [9.17, 15) is 0 Å². The quantitative estimate of drug-likeness (QED) is 0.118. The minimum absolute atomic E-state index is 0.615. The molecule has 6 nitrogen and oxygen atoms in total. The molecule has 0 amide bonds. The molecule has 0 unspecified atom stereocenters. The van der Waals surface area contributed by atoms with Crippen LogP contribution in [0, 0.1) is 0 Å². The number of unbranched alkanes of at least 4 members (excludes halogenated alkanes) is 4. The molecule has 0 aliphatic heterocycles. The molecule has 3 aromatic carbocycles. The topological polar surface area (TPSA) is 58.5 Å². The van der Waals surface area contributed by atoms with Crippen LogP contribution in [0.5, 0.6) is 0 Å². The van der Waals surface area contributed by atoms with Crippen LogP contribution in [0.2, 0.25) is 0 Å². The van der Waals surface area contributed by atoms with Gasteiger partial charge in [0.25, 0.3) is 0 Å². The molecule has 2 heterocycles. The highest BCUT2D eigenvalue weighted by molar-refractivity contribution is 5.91. The Hall–Kier alpha value is -3.80. The lowest BCUT2D eigenvalue weighted by atomic mass is 10.1. The average Bonchev–Trinajstić information content (AvgIpc) is 3.63. The van der Waals surface area contributed by atoms with E-state index >= 15 is 0 Å². The molecule has 0 saturated carbocycles. The van der Waals surface area contributed by atoms with Crippen molar-refractivity contribution in [2.45, 2.75) is 79.1 Å².